The van der Waals surface area contributed by atoms with E-state index in [1.165, 1.54) is 32.1 Å². The zero-order valence-electron chi connectivity index (χ0n) is 30.0. The van der Waals surface area contributed by atoms with Crippen LogP contribution >= 0.6 is 0 Å². The van der Waals surface area contributed by atoms with Gasteiger partial charge in [0.1, 0.15) is 11.6 Å². The average Bonchev–Trinajstić information content (AvgIpc) is 3.57. The van der Waals surface area contributed by atoms with Gasteiger partial charge in [-0.15, -0.1) is 0 Å². The summed E-state index contributed by atoms with van der Waals surface area (Å²) in [4.78, 5) is 28.2. The first kappa shape index (κ1) is 37.0. The predicted molar refractivity (Wildman–Crippen MR) is 184 cm³/mol. The molecular formula is C40H64N2O4. The molecule has 0 saturated heterocycles. The number of carbonyl (C=O) groups is 2. The van der Waals surface area contributed by atoms with Crippen molar-refractivity contribution in [2.45, 2.75) is 144 Å². The monoisotopic (exact) mass is 636 g/mol. The highest BCUT2D eigenvalue weighted by atomic mass is 16.3. The molecule has 0 spiro atoms. The Hall–Kier alpha value is -1.80. The molecule has 0 aromatic carbocycles. The molecule has 6 nitrogen and oxygen atoms in total. The van der Waals surface area contributed by atoms with E-state index >= 15 is 0 Å². The molecule has 0 aromatic heterocycles. The molecule has 0 heterocycles. The van der Waals surface area contributed by atoms with Crippen LogP contribution in [0, 0.1) is 81.5 Å². The van der Waals surface area contributed by atoms with E-state index in [0.717, 1.165) is 56.8 Å². The van der Waals surface area contributed by atoms with Gasteiger partial charge in [-0.05, 0) is 155 Å². The van der Waals surface area contributed by atoms with Crippen LogP contribution in [0.15, 0.2) is 6.08 Å². The molecule has 0 aromatic rings. The second-order valence-corrected chi connectivity index (χ2v) is 17.0. The van der Waals surface area contributed by atoms with Crippen LogP contribution in [0.5, 0.6) is 0 Å². The number of nitrogens with one attached hydrogen (secondary N) is 1. The number of fused-ring (bicyclic) bond motifs is 6. The van der Waals surface area contributed by atoms with E-state index in [-0.39, 0.29) is 29.0 Å². The van der Waals surface area contributed by atoms with Gasteiger partial charge < -0.3 is 15.1 Å². The summed E-state index contributed by atoms with van der Waals surface area (Å²) >= 11 is 0. The first-order chi connectivity index (χ1) is 21.7. The molecule has 0 amide bonds. The number of rotatable bonds is 4. The molecule has 3 N–H and O–H groups in total. The van der Waals surface area contributed by atoms with E-state index in [9.17, 15) is 19.8 Å². The standard InChI is InChI=1S/C20H31NO2.C17H28O2.C3H5N/c1-13(22)15-6-7-16-14-5-8-18(23)20(3,11-12-21-4)17(14)9-10-19(15,16)2;1-10-12-8-9-17(3)14(11(2)18)5-6-15(17)13(12)4-7-16(10)19;1-2-3-4/h13-17,22H,5-12H2,1-3H3;10-15,18H,4-9H2,1-3H3;2,4H,1H3/t13-,14-,15+,16-,17+,19+,20-;10-,11+,12+,13-,14-,15+,17-;/m01./s1. The van der Waals surface area contributed by atoms with Crippen molar-refractivity contribution in [3.8, 4) is 0 Å². The second kappa shape index (κ2) is 14.8. The number of aliphatic hydroxyl groups excluding tert-OH is 2. The topological polar surface area (TPSA) is 103 Å². The molecule has 14 atom stereocenters. The Kier molecular flexibility index (Phi) is 11.9. The van der Waals surface area contributed by atoms with Crippen LogP contribution in [0.25, 0.3) is 4.85 Å². The third kappa shape index (κ3) is 6.60. The van der Waals surface area contributed by atoms with Gasteiger partial charge in [0.05, 0.1) is 12.2 Å². The number of ketones is 2. The van der Waals surface area contributed by atoms with Crippen molar-refractivity contribution in [3.63, 3.8) is 0 Å². The summed E-state index contributed by atoms with van der Waals surface area (Å²) in [5.41, 5.74) is 0.295. The third-order valence-corrected chi connectivity index (χ3v) is 15.2. The molecule has 6 rings (SSSR count). The van der Waals surface area contributed by atoms with Gasteiger partial charge in [0.25, 0.3) is 0 Å². The van der Waals surface area contributed by atoms with E-state index in [1.54, 1.807) is 13.0 Å². The highest BCUT2D eigenvalue weighted by Gasteiger charge is 2.60. The highest BCUT2D eigenvalue weighted by Crippen LogP contribution is 2.65. The summed E-state index contributed by atoms with van der Waals surface area (Å²) < 4.78 is 0. The van der Waals surface area contributed by atoms with E-state index in [1.807, 2.05) is 13.8 Å². The normalized spacial score (nSPS) is 45.4. The smallest absolute Gasteiger partial charge is 0.215 e. The van der Waals surface area contributed by atoms with Gasteiger partial charge in [-0.1, -0.05) is 27.7 Å². The van der Waals surface area contributed by atoms with E-state index in [0.29, 0.717) is 65.5 Å². The van der Waals surface area contributed by atoms with E-state index in [2.05, 4.69) is 38.4 Å². The SMILES string of the molecule is CC=C=N.C[C@H](O)[C@H]1CC[C@H]2[C@@H]3CCC(=O)[C@H](C)[C@@H]3CC[C@]12C.[C-]#[N+]CC[C@]1(C)C(=O)CC[C@@H]2[C@H]1CC[C@]1(C)[C@@H]([C@H](C)O)CC[C@@H]21. The number of nitrogens with zero attached hydrogens (tertiary/aromatic N) is 1. The summed E-state index contributed by atoms with van der Waals surface area (Å²) in [5.74, 6) is 7.99. The number of carbonyl (C=O) groups excluding carboxylic acids is 2. The summed E-state index contributed by atoms with van der Waals surface area (Å²) in [7, 11) is 0. The van der Waals surface area contributed by atoms with Gasteiger partial charge in [-0.3, -0.25) is 15.0 Å². The third-order valence-electron chi connectivity index (χ3n) is 15.2. The molecule has 46 heavy (non-hydrogen) atoms. The fraction of sp³-hybridized carbons (Fsp3) is 0.875. The van der Waals surface area contributed by atoms with Crippen LogP contribution in [-0.2, 0) is 9.59 Å². The van der Waals surface area contributed by atoms with Crippen molar-refractivity contribution in [2.24, 2.45) is 69.5 Å². The minimum atomic E-state index is -0.280. The Morgan fingerprint density at radius 3 is 1.89 bits per heavy atom. The largest absolute Gasteiger partial charge is 0.393 e. The quantitative estimate of drug-likeness (QED) is 0.213. The fourth-order valence-electron chi connectivity index (χ4n) is 12.7. The zero-order valence-corrected chi connectivity index (χ0v) is 30.0. The maximum Gasteiger partial charge on any atom is 0.215 e. The first-order valence-corrected chi connectivity index (χ1v) is 18.7. The Balaban J connectivity index is 0.000000190. The van der Waals surface area contributed by atoms with Crippen molar-refractivity contribution in [1.82, 2.24) is 0 Å². The Bertz CT molecular complexity index is 1180. The Labute approximate surface area is 279 Å². The predicted octanol–water partition coefficient (Wildman–Crippen LogP) is 8.34. The number of allylic oxidation sites excluding steroid dienone is 1. The average molecular weight is 637 g/mol. The summed E-state index contributed by atoms with van der Waals surface area (Å²) in [5, 5.41) is 26.5. The van der Waals surface area contributed by atoms with Crippen molar-refractivity contribution < 1.29 is 19.8 Å². The molecule has 258 valence electrons. The molecule has 0 unspecified atom stereocenters. The molecule has 6 fully saturated rings. The van der Waals surface area contributed by atoms with Crippen molar-refractivity contribution in [2.75, 3.05) is 6.54 Å². The van der Waals surface area contributed by atoms with Gasteiger partial charge in [0.2, 0.25) is 6.54 Å². The van der Waals surface area contributed by atoms with Crippen LogP contribution in [-0.4, -0.2) is 46.4 Å². The van der Waals surface area contributed by atoms with Crippen molar-refractivity contribution in [3.05, 3.63) is 17.5 Å². The Morgan fingerprint density at radius 1 is 0.848 bits per heavy atom. The van der Waals surface area contributed by atoms with Gasteiger partial charge in [0, 0.05) is 30.6 Å². The van der Waals surface area contributed by atoms with Crippen LogP contribution < -0.4 is 0 Å². The molecule has 6 aliphatic rings. The lowest BCUT2D eigenvalue weighted by Gasteiger charge is -2.55. The summed E-state index contributed by atoms with van der Waals surface area (Å²) in [6, 6.07) is 0. The second-order valence-electron chi connectivity index (χ2n) is 17.0. The van der Waals surface area contributed by atoms with Crippen LogP contribution in [0.3, 0.4) is 0 Å². The number of aliphatic hydroxyl groups is 2. The lowest BCUT2D eigenvalue weighted by molar-refractivity contribution is -0.146. The molecule has 0 bridgehead atoms. The first-order valence-electron chi connectivity index (χ1n) is 18.7. The Morgan fingerprint density at radius 2 is 1.37 bits per heavy atom. The van der Waals surface area contributed by atoms with E-state index < -0.39 is 0 Å². The lowest BCUT2D eigenvalue weighted by Crippen LogP contribution is -2.53. The lowest BCUT2D eigenvalue weighted by atomic mass is 9.48. The number of hydrogen-bond donors (Lipinski definition) is 3. The molecule has 6 heteroatoms. The molecule has 6 aliphatic carbocycles. The van der Waals surface area contributed by atoms with Gasteiger partial charge in [-0.2, -0.15) is 0 Å². The van der Waals surface area contributed by atoms with Crippen molar-refractivity contribution in [1.29, 1.82) is 5.41 Å². The highest BCUT2D eigenvalue weighted by molar-refractivity contribution is 5.85. The molecular weight excluding hydrogens is 572 g/mol. The minimum absolute atomic E-state index is 0.172. The zero-order chi connectivity index (χ0) is 34.0. The molecule has 6 saturated carbocycles. The van der Waals surface area contributed by atoms with Crippen molar-refractivity contribution >= 4 is 17.4 Å². The van der Waals surface area contributed by atoms with Gasteiger partial charge in [-0.25, -0.2) is 6.57 Å². The fourth-order valence-corrected chi connectivity index (χ4v) is 12.7. The maximum atomic E-state index is 12.7. The van der Waals surface area contributed by atoms with Gasteiger partial charge in [0.15, 0.2) is 0 Å². The number of hydrogen-bond acceptors (Lipinski definition) is 5. The van der Waals surface area contributed by atoms with Crippen LogP contribution in [0.1, 0.15) is 132 Å². The minimum Gasteiger partial charge on any atom is -0.393 e. The molecule has 0 radical (unpaired) electrons. The summed E-state index contributed by atoms with van der Waals surface area (Å²) in [6.07, 6.45) is 15.0. The molecule has 0 aliphatic heterocycles. The van der Waals surface area contributed by atoms with Crippen LogP contribution in [0.2, 0.25) is 0 Å². The van der Waals surface area contributed by atoms with Crippen LogP contribution in [0.4, 0.5) is 0 Å². The number of Topliss-reactive ketones (excluding diaryl/α,β-unsaturated/α-hetero) is 2. The summed E-state index contributed by atoms with van der Waals surface area (Å²) in [6.45, 7) is 22.4. The maximum absolute atomic E-state index is 12.7. The van der Waals surface area contributed by atoms with Gasteiger partial charge >= 0.3 is 0 Å². The van der Waals surface area contributed by atoms with E-state index in [4.69, 9.17) is 12.0 Å².